The Morgan fingerprint density at radius 1 is 0.957 bits per heavy atom. The van der Waals surface area contributed by atoms with Gasteiger partial charge in [0.25, 0.3) is 0 Å². The maximum Gasteiger partial charge on any atom is 0.224 e. The Kier molecular flexibility index (Phi) is 6.29. The molecule has 1 N–H and O–H groups in total. The highest BCUT2D eigenvalue weighted by molar-refractivity contribution is 5.78. The first-order chi connectivity index (χ1) is 11.2. The predicted molar refractivity (Wildman–Crippen MR) is 88.2 cm³/mol. The van der Waals surface area contributed by atoms with E-state index in [0.717, 1.165) is 17.1 Å². The Morgan fingerprint density at radius 2 is 1.61 bits per heavy atom. The second kappa shape index (κ2) is 8.68. The van der Waals surface area contributed by atoms with Crippen LogP contribution in [0, 0.1) is 0 Å². The number of amides is 1. The molecule has 0 fully saturated rings. The smallest absolute Gasteiger partial charge is 0.224 e. The van der Waals surface area contributed by atoms with Crippen LogP contribution in [0.1, 0.15) is 5.56 Å². The number of hydrogen-bond acceptors (Lipinski definition) is 4. The number of carbonyl (C=O) groups is 1. The molecule has 2 aromatic rings. The van der Waals surface area contributed by atoms with Crippen LogP contribution in [-0.4, -0.2) is 33.3 Å². The first-order valence-corrected chi connectivity index (χ1v) is 7.38. The molecule has 0 spiro atoms. The molecular weight excluding hydrogens is 294 g/mol. The molecule has 1 amide bonds. The van der Waals surface area contributed by atoms with Crippen LogP contribution < -0.4 is 19.5 Å². The van der Waals surface area contributed by atoms with Crippen LogP contribution in [0.25, 0.3) is 0 Å². The van der Waals surface area contributed by atoms with Crippen molar-refractivity contribution in [1.29, 1.82) is 0 Å². The maximum absolute atomic E-state index is 11.9. The van der Waals surface area contributed by atoms with E-state index in [1.807, 2.05) is 42.5 Å². The molecule has 0 aromatic heterocycles. The number of methoxy groups -OCH3 is 2. The summed E-state index contributed by atoms with van der Waals surface area (Å²) < 4.78 is 15.8. The summed E-state index contributed by atoms with van der Waals surface area (Å²) in [6.07, 6.45) is 0.316. The Balaban J connectivity index is 1.72. The molecule has 0 atom stereocenters. The lowest BCUT2D eigenvalue weighted by Crippen LogP contribution is -2.29. The van der Waals surface area contributed by atoms with Gasteiger partial charge >= 0.3 is 0 Å². The van der Waals surface area contributed by atoms with Gasteiger partial charge in [0.15, 0.2) is 0 Å². The Hall–Kier alpha value is -2.69. The molecule has 23 heavy (non-hydrogen) atoms. The lowest BCUT2D eigenvalue weighted by Gasteiger charge is -2.09. The molecule has 2 rings (SSSR count). The molecule has 5 heteroatoms. The van der Waals surface area contributed by atoms with Gasteiger partial charge in [-0.15, -0.1) is 0 Å². The molecule has 0 radical (unpaired) electrons. The van der Waals surface area contributed by atoms with Gasteiger partial charge in [0.2, 0.25) is 5.91 Å². The Morgan fingerprint density at radius 3 is 2.35 bits per heavy atom. The largest absolute Gasteiger partial charge is 0.497 e. The van der Waals surface area contributed by atoms with Crippen LogP contribution in [0.2, 0.25) is 0 Å². The third kappa shape index (κ3) is 5.54. The van der Waals surface area contributed by atoms with E-state index < -0.39 is 0 Å². The van der Waals surface area contributed by atoms with Crippen molar-refractivity contribution in [2.45, 2.75) is 6.42 Å². The molecule has 0 aliphatic heterocycles. The van der Waals surface area contributed by atoms with Crippen molar-refractivity contribution in [3.63, 3.8) is 0 Å². The van der Waals surface area contributed by atoms with Gasteiger partial charge in [0, 0.05) is 6.07 Å². The molecule has 2 aromatic carbocycles. The predicted octanol–water partition coefficient (Wildman–Crippen LogP) is 2.44. The molecule has 0 saturated carbocycles. The minimum Gasteiger partial charge on any atom is -0.497 e. The second-order valence-corrected chi connectivity index (χ2v) is 4.91. The number of benzene rings is 2. The fraction of sp³-hybridized carbons (Fsp3) is 0.278. The van der Waals surface area contributed by atoms with Gasteiger partial charge in [0.05, 0.1) is 27.2 Å². The fourth-order valence-corrected chi connectivity index (χ4v) is 2.08. The quantitative estimate of drug-likeness (QED) is 0.760. The van der Waals surface area contributed by atoms with Crippen LogP contribution in [0.5, 0.6) is 17.2 Å². The molecule has 0 bridgehead atoms. The second-order valence-electron chi connectivity index (χ2n) is 4.91. The van der Waals surface area contributed by atoms with Crippen LogP contribution in [0.3, 0.4) is 0 Å². The van der Waals surface area contributed by atoms with E-state index in [1.165, 1.54) is 0 Å². The zero-order chi connectivity index (χ0) is 16.5. The van der Waals surface area contributed by atoms with Crippen LogP contribution in [-0.2, 0) is 11.2 Å². The highest BCUT2D eigenvalue weighted by Crippen LogP contribution is 2.18. The van der Waals surface area contributed by atoms with Crippen molar-refractivity contribution in [2.75, 3.05) is 27.4 Å². The van der Waals surface area contributed by atoms with Gasteiger partial charge in [-0.05, 0) is 29.8 Å². The van der Waals surface area contributed by atoms with Crippen molar-refractivity contribution in [1.82, 2.24) is 5.32 Å². The first kappa shape index (κ1) is 16.7. The summed E-state index contributed by atoms with van der Waals surface area (Å²) in [6, 6.07) is 14.8. The highest BCUT2D eigenvalue weighted by atomic mass is 16.5. The summed E-state index contributed by atoms with van der Waals surface area (Å²) in [4.78, 5) is 11.9. The van der Waals surface area contributed by atoms with Gasteiger partial charge in [-0.3, -0.25) is 4.79 Å². The minimum absolute atomic E-state index is 0.0486. The van der Waals surface area contributed by atoms with E-state index in [0.29, 0.717) is 25.3 Å². The zero-order valence-electron chi connectivity index (χ0n) is 13.4. The molecule has 0 saturated heterocycles. The van der Waals surface area contributed by atoms with Crippen molar-refractivity contribution in [3.05, 3.63) is 54.1 Å². The van der Waals surface area contributed by atoms with Crippen molar-refractivity contribution in [2.24, 2.45) is 0 Å². The fourth-order valence-electron chi connectivity index (χ4n) is 2.08. The van der Waals surface area contributed by atoms with Crippen molar-refractivity contribution < 1.29 is 19.0 Å². The van der Waals surface area contributed by atoms with E-state index in [4.69, 9.17) is 14.2 Å². The lowest BCUT2D eigenvalue weighted by molar-refractivity contribution is -0.120. The average molecular weight is 315 g/mol. The van der Waals surface area contributed by atoms with Crippen LogP contribution >= 0.6 is 0 Å². The van der Waals surface area contributed by atoms with Gasteiger partial charge in [-0.2, -0.15) is 0 Å². The van der Waals surface area contributed by atoms with E-state index in [-0.39, 0.29) is 5.91 Å². The summed E-state index contributed by atoms with van der Waals surface area (Å²) in [5.41, 5.74) is 0.913. The topological polar surface area (TPSA) is 56.8 Å². The number of rotatable bonds is 8. The first-order valence-electron chi connectivity index (χ1n) is 7.38. The van der Waals surface area contributed by atoms with E-state index in [2.05, 4.69) is 5.32 Å². The molecule has 0 heterocycles. The number of nitrogens with one attached hydrogen (secondary N) is 1. The maximum atomic E-state index is 11.9. The van der Waals surface area contributed by atoms with Gasteiger partial charge < -0.3 is 19.5 Å². The third-order valence-electron chi connectivity index (χ3n) is 3.23. The molecule has 5 nitrogen and oxygen atoms in total. The van der Waals surface area contributed by atoms with Gasteiger partial charge in [-0.25, -0.2) is 0 Å². The average Bonchev–Trinajstić information content (AvgIpc) is 2.59. The summed E-state index contributed by atoms with van der Waals surface area (Å²) in [7, 11) is 3.22. The molecule has 122 valence electrons. The van der Waals surface area contributed by atoms with Crippen LogP contribution in [0.15, 0.2) is 48.5 Å². The summed E-state index contributed by atoms with van der Waals surface area (Å²) in [5.74, 6) is 2.15. The van der Waals surface area contributed by atoms with Gasteiger partial charge in [-0.1, -0.05) is 18.2 Å². The third-order valence-corrected chi connectivity index (χ3v) is 3.23. The summed E-state index contributed by atoms with van der Waals surface area (Å²) in [6.45, 7) is 0.844. The standard InChI is InChI=1S/C18H21NO4/c1-21-15-6-3-5-14(11-15)12-18(20)19-9-10-23-17-8-4-7-16(13-17)22-2/h3-8,11,13H,9-10,12H2,1-2H3,(H,19,20). The van der Waals surface area contributed by atoms with Crippen molar-refractivity contribution >= 4 is 5.91 Å². The molecule has 0 aliphatic carbocycles. The summed E-state index contributed by atoms with van der Waals surface area (Å²) in [5, 5.41) is 2.83. The van der Waals surface area contributed by atoms with E-state index >= 15 is 0 Å². The Bertz CT molecular complexity index is 642. The van der Waals surface area contributed by atoms with Gasteiger partial charge in [0.1, 0.15) is 23.9 Å². The normalized spacial score (nSPS) is 10.0. The SMILES string of the molecule is COc1cccc(CC(=O)NCCOc2cccc(OC)c2)c1. The summed E-state index contributed by atoms with van der Waals surface area (Å²) >= 11 is 0. The molecule has 0 unspecified atom stereocenters. The minimum atomic E-state index is -0.0486. The van der Waals surface area contributed by atoms with Crippen molar-refractivity contribution in [3.8, 4) is 17.2 Å². The lowest BCUT2D eigenvalue weighted by atomic mass is 10.1. The van der Waals surface area contributed by atoms with E-state index in [1.54, 1.807) is 20.3 Å². The number of carbonyl (C=O) groups excluding carboxylic acids is 1. The monoisotopic (exact) mass is 315 g/mol. The highest BCUT2D eigenvalue weighted by Gasteiger charge is 2.04. The zero-order valence-corrected chi connectivity index (χ0v) is 13.4. The number of hydrogen-bond donors (Lipinski definition) is 1. The van der Waals surface area contributed by atoms with Crippen LogP contribution in [0.4, 0.5) is 0 Å². The molecular formula is C18H21NO4. The van der Waals surface area contributed by atoms with E-state index in [9.17, 15) is 4.79 Å². The Labute approximate surface area is 136 Å². The molecule has 0 aliphatic rings. The number of ether oxygens (including phenoxy) is 3.